The van der Waals surface area contributed by atoms with Gasteiger partial charge >= 0.3 is 0 Å². The van der Waals surface area contributed by atoms with E-state index in [4.69, 9.17) is 0 Å². The highest BCUT2D eigenvalue weighted by Gasteiger charge is 2.19. The van der Waals surface area contributed by atoms with Gasteiger partial charge in [-0.25, -0.2) is 4.52 Å². The van der Waals surface area contributed by atoms with Gasteiger partial charge in [-0.05, 0) is 42.3 Å². The quantitative estimate of drug-likeness (QED) is 0.586. The van der Waals surface area contributed by atoms with Crippen molar-refractivity contribution in [2.75, 3.05) is 0 Å². The van der Waals surface area contributed by atoms with Crippen LogP contribution >= 0.6 is 0 Å². The van der Waals surface area contributed by atoms with Crippen LogP contribution in [0, 0.1) is 6.92 Å². The van der Waals surface area contributed by atoms with Gasteiger partial charge < -0.3 is 10.3 Å². The van der Waals surface area contributed by atoms with Crippen molar-refractivity contribution in [2.45, 2.75) is 13.5 Å². The Hall–Kier alpha value is -3.55. The third-order valence-electron chi connectivity index (χ3n) is 3.93. The first kappa shape index (κ1) is 15.0. The summed E-state index contributed by atoms with van der Waals surface area (Å²) in [6.07, 6.45) is 3.29. The lowest BCUT2D eigenvalue weighted by Gasteiger charge is -2.04. The number of nitrogens with zero attached hydrogens (tertiary/aromatic N) is 4. The number of fused-ring (bicyclic) bond motifs is 3. The first-order chi connectivity index (χ1) is 12.1. The molecule has 0 spiro atoms. The molecular formula is C17H14N6O2. The smallest absolute Gasteiger partial charge is 0.277 e. The molecule has 0 atom stereocenters. The molecule has 1 aromatic carbocycles. The van der Waals surface area contributed by atoms with Crippen molar-refractivity contribution in [2.24, 2.45) is 0 Å². The SMILES string of the molecule is Cc1ccc2c(c1)[nH]c(=O)c1c(C(=O)NCc3ccncc3)nnn12. The van der Waals surface area contributed by atoms with Gasteiger partial charge in [-0.2, -0.15) is 0 Å². The highest BCUT2D eigenvalue weighted by molar-refractivity contribution is 5.99. The predicted octanol–water partition coefficient (Wildman–Crippen LogP) is 1.20. The molecule has 4 aromatic rings. The summed E-state index contributed by atoms with van der Waals surface area (Å²) in [5.41, 5.74) is 2.96. The van der Waals surface area contributed by atoms with Gasteiger partial charge in [0.1, 0.15) is 0 Å². The molecule has 0 aliphatic heterocycles. The van der Waals surface area contributed by atoms with Crippen LogP contribution in [0.2, 0.25) is 0 Å². The van der Waals surface area contributed by atoms with Crippen LogP contribution in [-0.2, 0) is 6.54 Å². The molecule has 8 heteroatoms. The third kappa shape index (κ3) is 2.63. The van der Waals surface area contributed by atoms with Crippen LogP contribution < -0.4 is 10.9 Å². The molecule has 1 amide bonds. The topological polar surface area (TPSA) is 105 Å². The number of amides is 1. The maximum atomic E-state index is 12.4. The van der Waals surface area contributed by atoms with Crippen LogP contribution in [0.3, 0.4) is 0 Å². The maximum absolute atomic E-state index is 12.4. The normalized spacial score (nSPS) is 11.1. The highest BCUT2D eigenvalue weighted by atomic mass is 16.2. The van der Waals surface area contributed by atoms with Gasteiger partial charge in [0.2, 0.25) is 0 Å². The standard InChI is InChI=1S/C17H14N6O2/c1-10-2-3-13-12(8-10)20-17(25)15-14(21-22-23(13)15)16(24)19-9-11-4-6-18-7-5-11/h2-8H,9H2,1H3,(H,19,24)(H,20,25). The zero-order valence-corrected chi connectivity index (χ0v) is 13.4. The summed E-state index contributed by atoms with van der Waals surface area (Å²) in [6.45, 7) is 2.24. The van der Waals surface area contributed by atoms with Gasteiger partial charge in [-0.3, -0.25) is 14.6 Å². The van der Waals surface area contributed by atoms with Gasteiger partial charge in [0.25, 0.3) is 11.5 Å². The second kappa shape index (κ2) is 5.82. The van der Waals surface area contributed by atoms with Gasteiger partial charge in [0, 0.05) is 18.9 Å². The first-order valence-corrected chi connectivity index (χ1v) is 7.68. The Morgan fingerprint density at radius 3 is 2.84 bits per heavy atom. The Labute approximate surface area is 141 Å². The first-order valence-electron chi connectivity index (χ1n) is 7.68. The van der Waals surface area contributed by atoms with Crippen molar-refractivity contribution in [3.63, 3.8) is 0 Å². The van der Waals surface area contributed by atoms with Crippen LogP contribution in [0.5, 0.6) is 0 Å². The average Bonchev–Trinajstić information content (AvgIpc) is 3.06. The zero-order valence-electron chi connectivity index (χ0n) is 13.4. The van der Waals surface area contributed by atoms with Crippen LogP contribution in [-0.4, -0.2) is 30.7 Å². The number of carbonyl (C=O) groups is 1. The molecule has 8 nitrogen and oxygen atoms in total. The molecule has 0 aliphatic carbocycles. The molecule has 0 saturated carbocycles. The fraction of sp³-hybridized carbons (Fsp3) is 0.118. The number of hydrogen-bond acceptors (Lipinski definition) is 5. The number of carbonyl (C=O) groups excluding carboxylic acids is 1. The van der Waals surface area contributed by atoms with Gasteiger partial charge in [0.05, 0.1) is 11.0 Å². The maximum Gasteiger partial charge on any atom is 0.277 e. The number of aryl methyl sites for hydroxylation is 1. The lowest BCUT2D eigenvalue weighted by Crippen LogP contribution is -2.25. The molecule has 2 N–H and O–H groups in total. The van der Waals surface area contributed by atoms with E-state index in [1.807, 2.05) is 25.1 Å². The summed E-state index contributed by atoms with van der Waals surface area (Å²) in [5, 5.41) is 10.6. The summed E-state index contributed by atoms with van der Waals surface area (Å²) >= 11 is 0. The molecule has 0 saturated heterocycles. The van der Waals surface area contributed by atoms with Crippen molar-refractivity contribution in [3.8, 4) is 0 Å². The fourth-order valence-electron chi connectivity index (χ4n) is 2.69. The highest BCUT2D eigenvalue weighted by Crippen LogP contribution is 2.14. The summed E-state index contributed by atoms with van der Waals surface area (Å²) in [5.74, 6) is -0.455. The Kier molecular flexibility index (Phi) is 3.50. The Morgan fingerprint density at radius 2 is 2.04 bits per heavy atom. The molecule has 0 bridgehead atoms. The van der Waals surface area contributed by atoms with E-state index in [0.717, 1.165) is 11.1 Å². The molecule has 0 aliphatic rings. The number of benzene rings is 1. The fourth-order valence-corrected chi connectivity index (χ4v) is 2.69. The van der Waals surface area contributed by atoms with E-state index in [2.05, 4.69) is 25.6 Å². The van der Waals surface area contributed by atoms with E-state index in [0.29, 0.717) is 17.6 Å². The number of H-pyrrole nitrogens is 1. The van der Waals surface area contributed by atoms with Crippen LogP contribution in [0.1, 0.15) is 21.6 Å². The summed E-state index contributed by atoms with van der Waals surface area (Å²) in [7, 11) is 0. The Morgan fingerprint density at radius 1 is 1.24 bits per heavy atom. The average molecular weight is 334 g/mol. The number of aromatic amines is 1. The van der Waals surface area contributed by atoms with E-state index in [-0.39, 0.29) is 11.2 Å². The lowest BCUT2D eigenvalue weighted by molar-refractivity contribution is 0.0947. The molecule has 3 aromatic heterocycles. The van der Waals surface area contributed by atoms with Crippen molar-refractivity contribution in [1.82, 2.24) is 30.1 Å². The van der Waals surface area contributed by atoms with Gasteiger partial charge in [0.15, 0.2) is 11.2 Å². The number of aromatic nitrogens is 5. The zero-order chi connectivity index (χ0) is 17.4. The van der Waals surface area contributed by atoms with Crippen LogP contribution in [0.25, 0.3) is 16.6 Å². The van der Waals surface area contributed by atoms with Crippen molar-refractivity contribution >= 4 is 22.5 Å². The van der Waals surface area contributed by atoms with E-state index >= 15 is 0 Å². The molecule has 0 radical (unpaired) electrons. The summed E-state index contributed by atoms with van der Waals surface area (Å²) in [6, 6.07) is 9.19. The predicted molar refractivity (Wildman–Crippen MR) is 91.3 cm³/mol. The van der Waals surface area contributed by atoms with E-state index in [1.165, 1.54) is 4.52 Å². The number of rotatable bonds is 3. The van der Waals surface area contributed by atoms with Crippen LogP contribution in [0.4, 0.5) is 0 Å². The molecular weight excluding hydrogens is 320 g/mol. The molecule has 4 rings (SSSR count). The summed E-state index contributed by atoms with van der Waals surface area (Å²) in [4.78, 5) is 31.6. The number of pyridine rings is 1. The molecule has 3 heterocycles. The van der Waals surface area contributed by atoms with Crippen LogP contribution in [0.15, 0.2) is 47.5 Å². The number of nitrogens with one attached hydrogen (secondary N) is 2. The molecule has 124 valence electrons. The van der Waals surface area contributed by atoms with Crippen molar-refractivity contribution in [1.29, 1.82) is 0 Å². The second-order valence-corrected chi connectivity index (χ2v) is 5.71. The Bertz CT molecular complexity index is 1150. The van der Waals surface area contributed by atoms with Gasteiger partial charge in [-0.15, -0.1) is 5.10 Å². The number of hydrogen-bond donors (Lipinski definition) is 2. The minimum Gasteiger partial charge on any atom is -0.346 e. The Balaban J connectivity index is 1.74. The minimum atomic E-state index is -0.455. The van der Waals surface area contributed by atoms with E-state index in [9.17, 15) is 9.59 Å². The molecule has 25 heavy (non-hydrogen) atoms. The minimum absolute atomic E-state index is 0.00205. The van der Waals surface area contributed by atoms with Crippen molar-refractivity contribution < 1.29 is 4.79 Å². The van der Waals surface area contributed by atoms with E-state index < -0.39 is 11.5 Å². The van der Waals surface area contributed by atoms with Gasteiger partial charge in [-0.1, -0.05) is 11.3 Å². The largest absolute Gasteiger partial charge is 0.346 e. The third-order valence-corrected chi connectivity index (χ3v) is 3.93. The lowest BCUT2D eigenvalue weighted by atomic mass is 10.2. The second-order valence-electron chi connectivity index (χ2n) is 5.71. The summed E-state index contributed by atoms with van der Waals surface area (Å²) < 4.78 is 1.40. The van der Waals surface area contributed by atoms with E-state index in [1.54, 1.807) is 24.5 Å². The molecule has 0 fully saturated rings. The molecule has 0 unspecified atom stereocenters. The van der Waals surface area contributed by atoms with Crippen molar-refractivity contribution in [3.05, 3.63) is 69.9 Å². The monoisotopic (exact) mass is 334 g/mol.